The molecule has 2 unspecified atom stereocenters. The number of ether oxygens (including phenoxy) is 1. The molecule has 0 aliphatic heterocycles. The third-order valence-corrected chi connectivity index (χ3v) is 5.66. The lowest BCUT2D eigenvalue weighted by molar-refractivity contribution is -0.176. The molecule has 1 heterocycles. The first-order valence-corrected chi connectivity index (χ1v) is 8.19. The molecule has 2 rings (SSSR count). The number of aromatic nitrogens is 1. The van der Waals surface area contributed by atoms with Crippen molar-refractivity contribution in [1.29, 1.82) is 0 Å². The summed E-state index contributed by atoms with van der Waals surface area (Å²) in [6, 6.07) is 0.345. The van der Waals surface area contributed by atoms with Gasteiger partial charge >= 0.3 is 0 Å². The quantitative estimate of drug-likeness (QED) is 0.410. The SMILES string of the molecule is CN=C(NCCc1c(C)noc1C)NC1CC(C)(OC)C1(C)C.I. The molecule has 0 bridgehead atoms. The van der Waals surface area contributed by atoms with E-state index in [1.807, 2.05) is 13.8 Å². The van der Waals surface area contributed by atoms with Crippen LogP contribution in [0.3, 0.4) is 0 Å². The maximum Gasteiger partial charge on any atom is 0.191 e. The number of aliphatic imine (C=N–C) groups is 1. The fourth-order valence-corrected chi connectivity index (χ4v) is 3.25. The Labute approximate surface area is 162 Å². The van der Waals surface area contributed by atoms with Crippen LogP contribution < -0.4 is 10.6 Å². The number of nitrogens with one attached hydrogen (secondary N) is 2. The molecule has 0 amide bonds. The number of hydrogen-bond donors (Lipinski definition) is 2. The maximum atomic E-state index is 5.67. The summed E-state index contributed by atoms with van der Waals surface area (Å²) in [7, 11) is 3.58. The van der Waals surface area contributed by atoms with E-state index < -0.39 is 0 Å². The molecule has 1 aliphatic rings. The Balaban J connectivity index is 0.00000288. The summed E-state index contributed by atoms with van der Waals surface area (Å²) >= 11 is 0. The molecule has 7 heteroatoms. The van der Waals surface area contributed by atoms with E-state index >= 15 is 0 Å². The fraction of sp³-hybridized carbons (Fsp3) is 0.765. The number of nitrogens with zero attached hydrogens (tertiary/aromatic N) is 2. The van der Waals surface area contributed by atoms with Gasteiger partial charge in [-0.1, -0.05) is 19.0 Å². The molecular formula is C17H31IN4O2. The highest BCUT2D eigenvalue weighted by molar-refractivity contribution is 14.0. The Kier molecular flexibility index (Phi) is 7.10. The van der Waals surface area contributed by atoms with Crippen molar-refractivity contribution < 1.29 is 9.26 Å². The molecule has 0 spiro atoms. The Morgan fingerprint density at radius 2 is 2.04 bits per heavy atom. The number of halogens is 1. The van der Waals surface area contributed by atoms with E-state index in [0.717, 1.165) is 36.8 Å². The van der Waals surface area contributed by atoms with Gasteiger partial charge in [0.05, 0.1) is 11.3 Å². The second-order valence-electron chi connectivity index (χ2n) is 7.11. The Morgan fingerprint density at radius 3 is 2.50 bits per heavy atom. The molecule has 0 saturated heterocycles. The van der Waals surface area contributed by atoms with Gasteiger partial charge < -0.3 is 19.9 Å². The molecule has 24 heavy (non-hydrogen) atoms. The zero-order chi connectivity index (χ0) is 17.3. The van der Waals surface area contributed by atoms with E-state index in [9.17, 15) is 0 Å². The average Bonchev–Trinajstić information content (AvgIpc) is 2.84. The van der Waals surface area contributed by atoms with Crippen LogP contribution in [0.15, 0.2) is 9.52 Å². The first-order valence-electron chi connectivity index (χ1n) is 8.19. The molecule has 1 aromatic heterocycles. The first kappa shape index (κ1) is 21.2. The molecule has 138 valence electrons. The van der Waals surface area contributed by atoms with Gasteiger partial charge in [-0.05, 0) is 33.6 Å². The number of hydrogen-bond acceptors (Lipinski definition) is 4. The smallest absolute Gasteiger partial charge is 0.191 e. The average molecular weight is 450 g/mol. The van der Waals surface area contributed by atoms with Crippen LogP contribution >= 0.6 is 24.0 Å². The summed E-state index contributed by atoms with van der Waals surface area (Å²) in [5.41, 5.74) is 2.11. The molecule has 1 fully saturated rings. The molecular weight excluding hydrogens is 419 g/mol. The van der Waals surface area contributed by atoms with Crippen molar-refractivity contribution in [2.45, 2.75) is 59.1 Å². The largest absolute Gasteiger partial charge is 0.378 e. The van der Waals surface area contributed by atoms with Crippen molar-refractivity contribution in [1.82, 2.24) is 15.8 Å². The third kappa shape index (κ3) is 3.87. The van der Waals surface area contributed by atoms with Gasteiger partial charge in [-0.25, -0.2) is 0 Å². The third-order valence-electron chi connectivity index (χ3n) is 5.66. The van der Waals surface area contributed by atoms with E-state index in [2.05, 4.69) is 41.6 Å². The van der Waals surface area contributed by atoms with Gasteiger partial charge in [0.25, 0.3) is 0 Å². The first-order chi connectivity index (χ1) is 10.7. The molecule has 1 aromatic rings. The zero-order valence-electron chi connectivity index (χ0n) is 15.8. The Hall–Kier alpha value is -0.830. The predicted octanol–water partition coefficient (Wildman–Crippen LogP) is 2.82. The predicted molar refractivity (Wildman–Crippen MR) is 107 cm³/mol. The highest BCUT2D eigenvalue weighted by Gasteiger charge is 2.58. The monoisotopic (exact) mass is 450 g/mol. The van der Waals surface area contributed by atoms with E-state index in [1.54, 1.807) is 14.2 Å². The van der Waals surface area contributed by atoms with Crippen LogP contribution in [0.25, 0.3) is 0 Å². The summed E-state index contributed by atoms with van der Waals surface area (Å²) < 4.78 is 10.9. The highest BCUT2D eigenvalue weighted by atomic mass is 127. The van der Waals surface area contributed by atoms with E-state index in [-0.39, 0.29) is 35.0 Å². The minimum Gasteiger partial charge on any atom is -0.378 e. The lowest BCUT2D eigenvalue weighted by Gasteiger charge is -2.59. The molecule has 0 aromatic carbocycles. The summed E-state index contributed by atoms with van der Waals surface area (Å²) in [5.74, 6) is 1.72. The van der Waals surface area contributed by atoms with Crippen molar-refractivity contribution in [2.75, 3.05) is 20.7 Å². The number of aryl methyl sites for hydroxylation is 2. The lowest BCUT2D eigenvalue weighted by Crippen LogP contribution is -2.69. The van der Waals surface area contributed by atoms with Gasteiger partial charge in [-0.3, -0.25) is 4.99 Å². The van der Waals surface area contributed by atoms with Gasteiger partial charge in [-0.2, -0.15) is 0 Å². The normalized spacial score (nSPS) is 25.6. The van der Waals surface area contributed by atoms with E-state index in [4.69, 9.17) is 9.26 Å². The number of guanidine groups is 1. The molecule has 2 N–H and O–H groups in total. The van der Waals surface area contributed by atoms with Crippen LogP contribution in [0.1, 0.15) is 44.2 Å². The lowest BCUT2D eigenvalue weighted by atomic mass is 9.56. The van der Waals surface area contributed by atoms with Gasteiger partial charge in [0, 0.05) is 37.7 Å². The second kappa shape index (κ2) is 8.03. The molecule has 1 aliphatic carbocycles. The summed E-state index contributed by atoms with van der Waals surface area (Å²) in [4.78, 5) is 4.33. The standard InChI is InChI=1S/C17H30N4O2.HI/c1-11-13(12(2)23-21-11)8-9-19-15(18-6)20-14-10-17(5,22-7)16(14,3)4;/h14H,8-10H2,1-7H3,(H2,18,19,20);1H. The van der Waals surface area contributed by atoms with E-state index in [1.165, 1.54) is 5.56 Å². The van der Waals surface area contributed by atoms with Gasteiger partial charge in [0.15, 0.2) is 5.96 Å². The zero-order valence-corrected chi connectivity index (χ0v) is 18.1. The maximum absolute atomic E-state index is 5.67. The van der Waals surface area contributed by atoms with Crippen LogP contribution in [0.5, 0.6) is 0 Å². The van der Waals surface area contributed by atoms with Crippen molar-refractivity contribution in [3.05, 3.63) is 17.0 Å². The molecule has 6 nitrogen and oxygen atoms in total. The van der Waals surface area contributed by atoms with Crippen molar-refractivity contribution in [3.63, 3.8) is 0 Å². The van der Waals surface area contributed by atoms with Gasteiger partial charge in [0.2, 0.25) is 0 Å². The van der Waals surface area contributed by atoms with Crippen molar-refractivity contribution >= 4 is 29.9 Å². The summed E-state index contributed by atoms with van der Waals surface area (Å²) in [6.45, 7) is 11.3. The fourth-order valence-electron chi connectivity index (χ4n) is 3.25. The molecule has 1 saturated carbocycles. The van der Waals surface area contributed by atoms with E-state index in [0.29, 0.717) is 6.04 Å². The van der Waals surface area contributed by atoms with Crippen LogP contribution in [0.4, 0.5) is 0 Å². The van der Waals surface area contributed by atoms with Crippen molar-refractivity contribution in [3.8, 4) is 0 Å². The number of rotatable bonds is 5. The van der Waals surface area contributed by atoms with Crippen LogP contribution in [0.2, 0.25) is 0 Å². The second-order valence-corrected chi connectivity index (χ2v) is 7.11. The number of methoxy groups -OCH3 is 1. The van der Waals surface area contributed by atoms with Crippen LogP contribution in [0, 0.1) is 19.3 Å². The molecule has 0 radical (unpaired) electrons. The van der Waals surface area contributed by atoms with Crippen LogP contribution in [-0.4, -0.2) is 43.5 Å². The minimum atomic E-state index is -0.0831. The Morgan fingerprint density at radius 1 is 1.38 bits per heavy atom. The molecule has 2 atom stereocenters. The summed E-state index contributed by atoms with van der Waals surface area (Å²) in [5, 5.41) is 10.9. The topological polar surface area (TPSA) is 71.7 Å². The summed E-state index contributed by atoms with van der Waals surface area (Å²) in [6.07, 6.45) is 1.84. The highest BCUT2D eigenvalue weighted by Crippen LogP contribution is 2.51. The van der Waals surface area contributed by atoms with Gasteiger partial charge in [-0.15, -0.1) is 24.0 Å². The van der Waals surface area contributed by atoms with Crippen LogP contribution in [-0.2, 0) is 11.2 Å². The van der Waals surface area contributed by atoms with Gasteiger partial charge in [0.1, 0.15) is 5.76 Å². The Bertz CT molecular complexity index is 566. The minimum absolute atomic E-state index is 0. The van der Waals surface area contributed by atoms with Crippen molar-refractivity contribution in [2.24, 2.45) is 10.4 Å².